The zero-order valence-electron chi connectivity index (χ0n) is 11.2. The maximum atomic E-state index is 11.9. The van der Waals surface area contributed by atoms with Crippen molar-refractivity contribution in [2.45, 2.75) is 39.0 Å². The van der Waals surface area contributed by atoms with Crippen molar-refractivity contribution in [2.24, 2.45) is 5.92 Å². The number of anilines is 1. The van der Waals surface area contributed by atoms with Crippen LogP contribution in [0.25, 0.3) is 0 Å². The number of aryl methyl sites for hydroxylation is 1. The second kappa shape index (κ2) is 6.27. The van der Waals surface area contributed by atoms with Crippen LogP contribution in [0.15, 0.2) is 24.3 Å². The van der Waals surface area contributed by atoms with Crippen LogP contribution in [-0.4, -0.2) is 14.2 Å². The highest BCUT2D eigenvalue weighted by Crippen LogP contribution is 2.35. The lowest BCUT2D eigenvalue weighted by atomic mass is 10.1. The van der Waals surface area contributed by atoms with Gasteiger partial charge in [0.05, 0.1) is 27.6 Å². The molecule has 0 heterocycles. The number of halogens is 1. The normalized spacial score (nSPS) is 15.5. The summed E-state index contributed by atoms with van der Waals surface area (Å²) in [6, 6.07) is 7.71. The van der Waals surface area contributed by atoms with Crippen LogP contribution >= 0.6 is 16.1 Å². The zero-order chi connectivity index (χ0) is 13.9. The summed E-state index contributed by atoms with van der Waals surface area (Å²) in [4.78, 5) is 0. The lowest BCUT2D eigenvalue weighted by Crippen LogP contribution is -2.23. The molecule has 1 aromatic carbocycles. The van der Waals surface area contributed by atoms with Crippen molar-refractivity contribution in [1.29, 1.82) is 0 Å². The smallest absolute Gasteiger partial charge is 0.206 e. The predicted octanol–water partition coefficient (Wildman–Crippen LogP) is 3.89. The third-order valence-corrected chi connectivity index (χ3v) is 6.67. The Morgan fingerprint density at radius 2 is 2.00 bits per heavy atom. The lowest BCUT2D eigenvalue weighted by molar-refractivity contribution is 0.599. The van der Waals surface area contributed by atoms with Gasteiger partial charge in [0.25, 0.3) is 0 Å². The van der Waals surface area contributed by atoms with Crippen LogP contribution in [0.2, 0.25) is 0 Å². The van der Waals surface area contributed by atoms with Gasteiger partial charge in [0.15, 0.2) is 0 Å². The van der Waals surface area contributed by atoms with Crippen molar-refractivity contribution in [1.82, 2.24) is 0 Å². The minimum absolute atomic E-state index is 0.0919. The van der Waals surface area contributed by atoms with Crippen molar-refractivity contribution in [3.63, 3.8) is 0 Å². The summed E-state index contributed by atoms with van der Waals surface area (Å²) in [5, 5.41) is 0. The van der Waals surface area contributed by atoms with E-state index >= 15 is 0 Å². The first kappa shape index (κ1) is 14.9. The van der Waals surface area contributed by atoms with Crippen LogP contribution in [-0.2, 0) is 16.4 Å². The van der Waals surface area contributed by atoms with Crippen LogP contribution < -0.4 is 3.33 Å². The molecule has 0 radical (unpaired) electrons. The Labute approximate surface area is 124 Å². The van der Waals surface area contributed by atoms with Gasteiger partial charge in [-0.05, 0) is 37.3 Å². The molecule has 0 atom stereocenters. The Hall–Kier alpha value is -0.550. The van der Waals surface area contributed by atoms with Gasteiger partial charge in [-0.2, -0.15) is 0 Å². The van der Waals surface area contributed by atoms with Crippen LogP contribution in [0.1, 0.15) is 38.2 Å². The molecule has 0 spiro atoms. The molecule has 1 saturated carbocycles. The van der Waals surface area contributed by atoms with Gasteiger partial charge in [-0.15, -0.1) is 0 Å². The van der Waals surface area contributed by atoms with Gasteiger partial charge < -0.3 is 0 Å². The highest BCUT2D eigenvalue weighted by atomic mass is 79.9. The van der Waals surface area contributed by atoms with Gasteiger partial charge in [-0.25, -0.2) is 11.7 Å². The number of nitrogens with zero attached hydrogens (tertiary/aromatic N) is 1. The first-order valence-corrected chi connectivity index (χ1v) is 9.13. The summed E-state index contributed by atoms with van der Waals surface area (Å²) < 4.78 is 25.1. The summed E-state index contributed by atoms with van der Waals surface area (Å²) in [5.74, 6) is 1.01. The first-order chi connectivity index (χ1) is 9.04. The van der Waals surface area contributed by atoms with E-state index in [1.54, 1.807) is 6.92 Å². The van der Waals surface area contributed by atoms with E-state index < -0.39 is 10.0 Å². The number of rotatable bonds is 7. The molecule has 19 heavy (non-hydrogen) atoms. The fourth-order valence-electron chi connectivity index (χ4n) is 2.14. The van der Waals surface area contributed by atoms with E-state index in [9.17, 15) is 8.42 Å². The first-order valence-electron chi connectivity index (χ1n) is 6.81. The van der Waals surface area contributed by atoms with E-state index in [1.165, 1.54) is 22.6 Å². The Morgan fingerprint density at radius 3 is 2.63 bits per heavy atom. The molecule has 0 aliphatic heterocycles. The maximum absolute atomic E-state index is 11.9. The van der Waals surface area contributed by atoms with Gasteiger partial charge in [0, 0.05) is 0 Å². The molecule has 1 aliphatic carbocycles. The fourth-order valence-corrected chi connectivity index (χ4v) is 3.81. The highest BCUT2D eigenvalue weighted by Gasteiger charge is 2.22. The number of benzene rings is 1. The minimum atomic E-state index is -3.25. The third kappa shape index (κ3) is 3.96. The predicted molar refractivity (Wildman–Crippen MR) is 83.0 cm³/mol. The van der Waals surface area contributed by atoms with E-state index in [2.05, 4.69) is 16.1 Å². The standard InChI is InChI=1S/C14H20BrNO2S/c1-2-19(17,18)16(15)14-9-4-3-7-13(14)8-5-6-12-10-11-12/h3-4,7,9,12H,2,5-6,8,10-11H2,1H3. The molecule has 0 bridgehead atoms. The molecule has 2 rings (SSSR count). The molecule has 5 heteroatoms. The van der Waals surface area contributed by atoms with Crippen molar-refractivity contribution >= 4 is 31.9 Å². The maximum Gasteiger partial charge on any atom is 0.244 e. The van der Waals surface area contributed by atoms with Crippen LogP contribution in [0.4, 0.5) is 5.69 Å². The largest absolute Gasteiger partial charge is 0.244 e. The molecule has 106 valence electrons. The van der Waals surface area contributed by atoms with Crippen molar-refractivity contribution in [3.05, 3.63) is 29.8 Å². The molecule has 0 saturated heterocycles. The number of para-hydroxylation sites is 1. The molecule has 0 amide bonds. The summed E-state index contributed by atoms with van der Waals surface area (Å²) >= 11 is 3.20. The Bertz CT molecular complexity index is 526. The van der Waals surface area contributed by atoms with E-state index in [1.807, 2.05) is 24.3 Å². The van der Waals surface area contributed by atoms with Crippen molar-refractivity contribution < 1.29 is 8.42 Å². The monoisotopic (exact) mass is 345 g/mol. The molecule has 3 nitrogen and oxygen atoms in total. The summed E-state index contributed by atoms with van der Waals surface area (Å²) in [5.41, 5.74) is 1.84. The molecule has 1 aromatic rings. The fraction of sp³-hybridized carbons (Fsp3) is 0.571. The van der Waals surface area contributed by atoms with E-state index in [0.717, 1.165) is 30.0 Å². The Kier molecular flexibility index (Phi) is 4.90. The number of sulfonamides is 1. The van der Waals surface area contributed by atoms with Gasteiger partial charge in [0.1, 0.15) is 0 Å². The summed E-state index contributed by atoms with van der Waals surface area (Å²) in [6.45, 7) is 1.65. The topological polar surface area (TPSA) is 37.4 Å². The van der Waals surface area contributed by atoms with E-state index in [0.29, 0.717) is 0 Å². The molecule has 0 unspecified atom stereocenters. The van der Waals surface area contributed by atoms with Gasteiger partial charge >= 0.3 is 0 Å². The molecular formula is C14H20BrNO2S. The second-order valence-electron chi connectivity index (χ2n) is 5.08. The van der Waals surface area contributed by atoms with E-state index in [-0.39, 0.29) is 5.75 Å². The number of hydrogen-bond acceptors (Lipinski definition) is 2. The number of hydrogen-bond donors (Lipinski definition) is 0. The molecular weight excluding hydrogens is 326 g/mol. The molecule has 0 aromatic heterocycles. The Morgan fingerprint density at radius 1 is 1.32 bits per heavy atom. The lowest BCUT2D eigenvalue weighted by Gasteiger charge is -2.19. The molecule has 1 aliphatic rings. The van der Waals surface area contributed by atoms with Crippen molar-refractivity contribution in [2.75, 3.05) is 9.08 Å². The van der Waals surface area contributed by atoms with Gasteiger partial charge in [-0.1, -0.05) is 37.5 Å². The molecule has 0 N–H and O–H groups in total. The average Bonchev–Trinajstić information content (AvgIpc) is 3.22. The van der Waals surface area contributed by atoms with Crippen LogP contribution in [0, 0.1) is 5.92 Å². The summed E-state index contributed by atoms with van der Waals surface area (Å²) in [7, 11) is -3.25. The Balaban J connectivity index is 2.10. The molecule has 1 fully saturated rings. The highest BCUT2D eigenvalue weighted by molar-refractivity contribution is 9.11. The van der Waals surface area contributed by atoms with Crippen molar-refractivity contribution in [3.8, 4) is 0 Å². The van der Waals surface area contributed by atoms with Crippen LogP contribution in [0.3, 0.4) is 0 Å². The van der Waals surface area contributed by atoms with E-state index in [4.69, 9.17) is 0 Å². The van der Waals surface area contributed by atoms with Crippen LogP contribution in [0.5, 0.6) is 0 Å². The van der Waals surface area contributed by atoms with Gasteiger partial charge in [0.2, 0.25) is 10.0 Å². The quantitative estimate of drug-likeness (QED) is 0.703. The second-order valence-corrected chi connectivity index (χ2v) is 8.36. The third-order valence-electron chi connectivity index (χ3n) is 3.55. The summed E-state index contributed by atoms with van der Waals surface area (Å²) in [6.07, 6.45) is 6.08. The zero-order valence-corrected chi connectivity index (χ0v) is 13.6. The van der Waals surface area contributed by atoms with Gasteiger partial charge in [-0.3, -0.25) is 0 Å². The SMILES string of the molecule is CCS(=O)(=O)N(Br)c1ccccc1CCCC1CC1. The minimum Gasteiger partial charge on any atom is -0.206 e. The average molecular weight is 346 g/mol.